The molecule has 126 valence electrons. The number of fused-ring (bicyclic) bond motifs is 1. The molecular weight excluding hydrogens is 292 g/mol. The lowest BCUT2D eigenvalue weighted by atomic mass is 9.91. The van der Waals surface area contributed by atoms with Crippen LogP contribution in [0.4, 0.5) is 0 Å². The average Bonchev–Trinajstić information content (AvgIpc) is 3.04. The third-order valence-corrected chi connectivity index (χ3v) is 5.04. The number of nitrogens with zero attached hydrogens (tertiary/aromatic N) is 1. The molecule has 2 aliphatic rings. The first-order chi connectivity index (χ1) is 11.1. The van der Waals surface area contributed by atoms with E-state index in [-0.39, 0.29) is 29.7 Å². The Balaban J connectivity index is 1.54. The van der Waals surface area contributed by atoms with Crippen LogP contribution in [-0.4, -0.2) is 29.8 Å². The highest BCUT2D eigenvalue weighted by Crippen LogP contribution is 2.31. The van der Waals surface area contributed by atoms with Gasteiger partial charge in [0.05, 0.1) is 12.3 Å². The van der Waals surface area contributed by atoms with E-state index in [4.69, 9.17) is 4.42 Å². The molecule has 1 N–H and O–H groups in total. The lowest BCUT2D eigenvalue weighted by molar-refractivity contribution is -0.138. The van der Waals surface area contributed by atoms with Crippen molar-refractivity contribution in [2.24, 2.45) is 11.8 Å². The minimum absolute atomic E-state index is 0.0171. The zero-order valence-electron chi connectivity index (χ0n) is 14.0. The number of amides is 2. The van der Waals surface area contributed by atoms with Gasteiger partial charge < -0.3 is 14.6 Å². The third-order valence-electron chi connectivity index (χ3n) is 5.04. The summed E-state index contributed by atoms with van der Waals surface area (Å²) in [5.41, 5.74) is 1.14. The van der Waals surface area contributed by atoms with E-state index in [0.717, 1.165) is 43.4 Å². The van der Waals surface area contributed by atoms with E-state index in [1.165, 1.54) is 0 Å². The smallest absolute Gasteiger partial charge is 0.225 e. The molecule has 5 nitrogen and oxygen atoms in total. The molecule has 0 spiro atoms. The molecule has 0 bridgehead atoms. The van der Waals surface area contributed by atoms with Crippen LogP contribution in [0.1, 0.15) is 56.9 Å². The molecule has 3 rings (SSSR count). The molecule has 2 heterocycles. The molecule has 1 fully saturated rings. The number of likely N-dealkylation sites (tertiary alicyclic amines) is 1. The Bertz CT molecular complexity index is 571. The Morgan fingerprint density at radius 2 is 2.00 bits per heavy atom. The van der Waals surface area contributed by atoms with Gasteiger partial charge in [-0.05, 0) is 31.7 Å². The minimum Gasteiger partial charge on any atom is -0.469 e. The zero-order valence-corrected chi connectivity index (χ0v) is 14.0. The Kier molecular flexibility index (Phi) is 4.74. The topological polar surface area (TPSA) is 62.6 Å². The molecule has 1 unspecified atom stereocenters. The molecule has 1 atom stereocenters. The Morgan fingerprint density at radius 1 is 1.26 bits per heavy atom. The summed E-state index contributed by atoms with van der Waals surface area (Å²) >= 11 is 0. The van der Waals surface area contributed by atoms with Crippen LogP contribution >= 0.6 is 0 Å². The molecule has 1 aromatic heterocycles. The fourth-order valence-electron chi connectivity index (χ4n) is 3.65. The quantitative estimate of drug-likeness (QED) is 0.932. The van der Waals surface area contributed by atoms with E-state index in [1.54, 1.807) is 6.26 Å². The molecule has 2 amide bonds. The van der Waals surface area contributed by atoms with Crippen LogP contribution in [0.5, 0.6) is 0 Å². The summed E-state index contributed by atoms with van der Waals surface area (Å²) < 4.78 is 5.48. The van der Waals surface area contributed by atoms with Gasteiger partial charge in [-0.15, -0.1) is 0 Å². The summed E-state index contributed by atoms with van der Waals surface area (Å²) in [6.45, 7) is 5.23. The average molecular weight is 318 g/mol. The van der Waals surface area contributed by atoms with Crippen LogP contribution in [-0.2, 0) is 16.0 Å². The molecule has 1 aliphatic heterocycles. The SMILES string of the molecule is CC(C)C(=O)N1CCC(C(=O)NC2CCCc3occc32)CC1. The second-order valence-electron chi connectivity index (χ2n) is 7.01. The van der Waals surface area contributed by atoms with Gasteiger partial charge in [0.1, 0.15) is 5.76 Å². The maximum absolute atomic E-state index is 12.6. The molecule has 23 heavy (non-hydrogen) atoms. The third kappa shape index (κ3) is 3.43. The minimum atomic E-state index is 0.0171. The van der Waals surface area contributed by atoms with Gasteiger partial charge in [0.15, 0.2) is 0 Å². The number of nitrogens with one attached hydrogen (secondary N) is 1. The number of hydrogen-bond donors (Lipinski definition) is 1. The summed E-state index contributed by atoms with van der Waals surface area (Å²) in [6, 6.07) is 2.06. The Labute approximate surface area is 137 Å². The first kappa shape index (κ1) is 16.1. The molecule has 1 aromatic rings. The summed E-state index contributed by atoms with van der Waals surface area (Å²) in [6.07, 6.45) is 6.22. The lowest BCUT2D eigenvalue weighted by Gasteiger charge is -2.33. The fraction of sp³-hybridized carbons (Fsp3) is 0.667. The molecular formula is C18H26N2O3. The molecule has 0 aromatic carbocycles. The monoisotopic (exact) mass is 318 g/mol. The highest BCUT2D eigenvalue weighted by molar-refractivity contribution is 5.81. The van der Waals surface area contributed by atoms with E-state index >= 15 is 0 Å². The van der Waals surface area contributed by atoms with Crippen LogP contribution in [0.2, 0.25) is 0 Å². The standard InChI is InChI=1S/C18H26N2O3/c1-12(2)18(22)20-9-6-13(7-10-20)17(21)19-15-4-3-5-16-14(15)8-11-23-16/h8,11-13,15H,3-7,9-10H2,1-2H3,(H,19,21). The van der Waals surface area contributed by atoms with E-state index in [0.29, 0.717) is 13.1 Å². The molecule has 0 saturated carbocycles. The molecule has 1 aliphatic carbocycles. The van der Waals surface area contributed by atoms with Crippen LogP contribution in [0.25, 0.3) is 0 Å². The van der Waals surface area contributed by atoms with Gasteiger partial charge in [-0.2, -0.15) is 0 Å². The van der Waals surface area contributed by atoms with Gasteiger partial charge in [0, 0.05) is 36.9 Å². The maximum atomic E-state index is 12.6. The van der Waals surface area contributed by atoms with Crippen molar-refractivity contribution in [3.63, 3.8) is 0 Å². The Morgan fingerprint density at radius 3 is 2.70 bits per heavy atom. The van der Waals surface area contributed by atoms with E-state index in [2.05, 4.69) is 5.32 Å². The van der Waals surface area contributed by atoms with E-state index < -0.39 is 0 Å². The van der Waals surface area contributed by atoms with Crippen molar-refractivity contribution >= 4 is 11.8 Å². The fourth-order valence-corrected chi connectivity index (χ4v) is 3.65. The van der Waals surface area contributed by atoms with Crippen LogP contribution in [0, 0.1) is 11.8 Å². The normalized spacial score (nSPS) is 22.0. The van der Waals surface area contributed by atoms with Crippen molar-refractivity contribution < 1.29 is 14.0 Å². The number of hydrogen-bond acceptors (Lipinski definition) is 3. The number of furan rings is 1. The van der Waals surface area contributed by atoms with E-state index in [9.17, 15) is 9.59 Å². The van der Waals surface area contributed by atoms with Gasteiger partial charge in [0.2, 0.25) is 11.8 Å². The molecule has 0 radical (unpaired) electrons. The maximum Gasteiger partial charge on any atom is 0.225 e. The highest BCUT2D eigenvalue weighted by atomic mass is 16.3. The number of carbonyl (C=O) groups excluding carboxylic acids is 2. The summed E-state index contributed by atoms with van der Waals surface area (Å²) in [5.74, 6) is 1.38. The second-order valence-corrected chi connectivity index (χ2v) is 7.01. The summed E-state index contributed by atoms with van der Waals surface area (Å²) in [4.78, 5) is 26.5. The van der Waals surface area contributed by atoms with Crippen LogP contribution in [0.15, 0.2) is 16.7 Å². The number of aryl methyl sites for hydroxylation is 1. The summed E-state index contributed by atoms with van der Waals surface area (Å²) in [7, 11) is 0. The number of piperidine rings is 1. The van der Waals surface area contributed by atoms with Crippen LogP contribution in [0.3, 0.4) is 0 Å². The highest BCUT2D eigenvalue weighted by Gasteiger charge is 2.31. The Hall–Kier alpha value is -1.78. The van der Waals surface area contributed by atoms with Crippen molar-refractivity contribution in [1.82, 2.24) is 10.2 Å². The first-order valence-electron chi connectivity index (χ1n) is 8.71. The predicted molar refractivity (Wildman–Crippen MR) is 86.7 cm³/mol. The van der Waals surface area contributed by atoms with Gasteiger partial charge in [0.25, 0.3) is 0 Å². The van der Waals surface area contributed by atoms with Gasteiger partial charge in [-0.25, -0.2) is 0 Å². The zero-order chi connectivity index (χ0) is 16.4. The van der Waals surface area contributed by atoms with Crippen molar-refractivity contribution in [1.29, 1.82) is 0 Å². The van der Waals surface area contributed by atoms with Crippen molar-refractivity contribution in [2.75, 3.05) is 13.1 Å². The van der Waals surface area contributed by atoms with Crippen LogP contribution < -0.4 is 5.32 Å². The molecule has 5 heteroatoms. The van der Waals surface area contributed by atoms with Crippen molar-refractivity contribution in [3.05, 3.63) is 23.7 Å². The van der Waals surface area contributed by atoms with Gasteiger partial charge >= 0.3 is 0 Å². The van der Waals surface area contributed by atoms with Gasteiger partial charge in [-0.3, -0.25) is 9.59 Å². The van der Waals surface area contributed by atoms with Crippen molar-refractivity contribution in [3.8, 4) is 0 Å². The predicted octanol–water partition coefficient (Wildman–Crippen LogP) is 2.67. The molecule has 1 saturated heterocycles. The van der Waals surface area contributed by atoms with Crippen molar-refractivity contribution in [2.45, 2.75) is 52.0 Å². The van der Waals surface area contributed by atoms with E-state index in [1.807, 2.05) is 24.8 Å². The summed E-state index contributed by atoms with van der Waals surface area (Å²) in [5, 5.41) is 3.20. The lowest BCUT2D eigenvalue weighted by Crippen LogP contribution is -2.45. The van der Waals surface area contributed by atoms with Gasteiger partial charge in [-0.1, -0.05) is 13.8 Å². The second kappa shape index (κ2) is 6.77. The number of carbonyl (C=O) groups is 2. The number of rotatable bonds is 3. The largest absolute Gasteiger partial charge is 0.469 e. The first-order valence-corrected chi connectivity index (χ1v) is 8.71.